The fourth-order valence-corrected chi connectivity index (χ4v) is 3.88. The minimum atomic E-state index is -0.720. The highest BCUT2D eigenvalue weighted by Crippen LogP contribution is 2.30. The van der Waals surface area contributed by atoms with Crippen molar-refractivity contribution in [2.75, 3.05) is 12.3 Å². The normalized spacial score (nSPS) is 11.9. The zero-order valence-corrected chi connectivity index (χ0v) is 19.1. The molecule has 0 aliphatic rings. The van der Waals surface area contributed by atoms with E-state index in [0.717, 1.165) is 10.2 Å². The molecule has 0 aliphatic carbocycles. The molecule has 0 radical (unpaired) electrons. The van der Waals surface area contributed by atoms with E-state index in [1.54, 1.807) is 54.5 Å². The predicted octanol–water partition coefficient (Wildman–Crippen LogP) is 3.49. The average molecular weight is 511 g/mol. The van der Waals surface area contributed by atoms with Gasteiger partial charge in [0.2, 0.25) is 0 Å². The summed E-state index contributed by atoms with van der Waals surface area (Å²) in [6, 6.07) is 12.5. The summed E-state index contributed by atoms with van der Waals surface area (Å²) in [5.41, 5.74) is 9.01. The van der Waals surface area contributed by atoms with E-state index in [-0.39, 0.29) is 18.0 Å². The molecule has 1 atom stereocenters. The quantitative estimate of drug-likeness (QED) is 0.365. The molecule has 0 saturated heterocycles. The van der Waals surface area contributed by atoms with Crippen molar-refractivity contribution in [3.8, 4) is 22.4 Å². The fraction of sp³-hybridized carbons (Fsp3) is 0.130. The van der Waals surface area contributed by atoms with Gasteiger partial charge in [-0.1, -0.05) is 39.3 Å². The zero-order valence-electron chi connectivity index (χ0n) is 17.5. The maximum Gasteiger partial charge on any atom is 0.254 e. The monoisotopic (exact) mass is 510 g/mol. The van der Waals surface area contributed by atoms with Gasteiger partial charge in [-0.05, 0) is 41.5 Å². The number of hydrogen-bond donors (Lipinski definition) is 3. The summed E-state index contributed by atoms with van der Waals surface area (Å²) in [5, 5.41) is 20.2. The maximum atomic E-state index is 15.0. The summed E-state index contributed by atoms with van der Waals surface area (Å²) in [5.74, 6) is -1.14. The molecular weight excluding hydrogens is 491 g/mol. The van der Waals surface area contributed by atoms with Gasteiger partial charge in [-0.25, -0.2) is 14.1 Å². The van der Waals surface area contributed by atoms with Crippen LogP contribution in [0.2, 0.25) is 0 Å². The van der Waals surface area contributed by atoms with Crippen LogP contribution < -0.4 is 11.1 Å². The molecule has 0 saturated carbocycles. The van der Waals surface area contributed by atoms with Gasteiger partial charge in [0.25, 0.3) is 5.91 Å². The van der Waals surface area contributed by atoms with Crippen molar-refractivity contribution in [2.45, 2.75) is 6.04 Å². The largest absolute Gasteiger partial charge is 0.394 e. The van der Waals surface area contributed by atoms with Gasteiger partial charge in [0.05, 0.1) is 30.1 Å². The highest BCUT2D eigenvalue weighted by Gasteiger charge is 2.19. The first kappa shape index (κ1) is 22.6. The average Bonchev–Trinajstić information content (AvgIpc) is 3.23. The molecule has 2 heterocycles. The minimum Gasteiger partial charge on any atom is -0.394 e. The standard InChI is InChI=1S/C23H20BrFN6O2/c1-31-21(11-28-30-31)15-8-18(22(26)27-10-15)13-5-6-17(19(25)9-13)23(33)29-20(12-32)14-3-2-4-16(24)7-14/h2-11,20,32H,12H2,1H3,(H2,26,27)(H,29,33)/t20-/m1/s1. The number of nitrogen functional groups attached to an aromatic ring is 1. The van der Waals surface area contributed by atoms with E-state index in [4.69, 9.17) is 5.73 Å². The lowest BCUT2D eigenvalue weighted by Crippen LogP contribution is -2.31. The summed E-state index contributed by atoms with van der Waals surface area (Å²) >= 11 is 3.36. The van der Waals surface area contributed by atoms with Crippen LogP contribution in [0.1, 0.15) is 22.0 Å². The number of nitrogens with zero attached hydrogens (tertiary/aromatic N) is 4. The van der Waals surface area contributed by atoms with Gasteiger partial charge in [0.1, 0.15) is 11.6 Å². The summed E-state index contributed by atoms with van der Waals surface area (Å²) in [6.45, 7) is -0.334. The molecule has 168 valence electrons. The number of pyridine rings is 1. The van der Waals surface area contributed by atoms with Gasteiger partial charge in [0, 0.05) is 28.8 Å². The number of aliphatic hydroxyl groups is 1. The van der Waals surface area contributed by atoms with Crippen molar-refractivity contribution in [1.29, 1.82) is 0 Å². The summed E-state index contributed by atoms with van der Waals surface area (Å²) in [7, 11) is 1.75. The molecule has 4 aromatic rings. The summed E-state index contributed by atoms with van der Waals surface area (Å²) in [4.78, 5) is 16.9. The first-order valence-electron chi connectivity index (χ1n) is 9.95. The second-order valence-corrected chi connectivity index (χ2v) is 8.27. The van der Waals surface area contributed by atoms with Gasteiger partial charge >= 0.3 is 0 Å². The Hall–Kier alpha value is -3.63. The Kier molecular flexibility index (Phi) is 6.47. The molecule has 2 aromatic heterocycles. The number of nitrogens with two attached hydrogens (primary N) is 1. The second kappa shape index (κ2) is 9.47. The number of carbonyl (C=O) groups is 1. The van der Waals surface area contributed by atoms with E-state index in [0.29, 0.717) is 22.3 Å². The number of carbonyl (C=O) groups excluding carboxylic acids is 1. The van der Waals surface area contributed by atoms with Crippen molar-refractivity contribution in [2.24, 2.45) is 7.05 Å². The van der Waals surface area contributed by atoms with Crippen LogP contribution in [0.5, 0.6) is 0 Å². The van der Waals surface area contributed by atoms with Gasteiger partial charge < -0.3 is 16.2 Å². The Morgan fingerprint density at radius 3 is 2.70 bits per heavy atom. The topological polar surface area (TPSA) is 119 Å². The molecule has 0 aliphatic heterocycles. The van der Waals surface area contributed by atoms with Gasteiger partial charge in [0.15, 0.2) is 0 Å². The third-order valence-corrected chi connectivity index (χ3v) is 5.69. The van der Waals surface area contributed by atoms with Crippen molar-refractivity contribution >= 4 is 27.7 Å². The molecule has 4 N–H and O–H groups in total. The van der Waals surface area contributed by atoms with E-state index in [1.807, 2.05) is 6.07 Å². The number of aromatic nitrogens is 4. The minimum absolute atomic E-state index is 0.147. The lowest BCUT2D eigenvalue weighted by molar-refractivity contribution is 0.0912. The lowest BCUT2D eigenvalue weighted by Gasteiger charge is -2.17. The molecule has 8 nitrogen and oxygen atoms in total. The lowest BCUT2D eigenvalue weighted by atomic mass is 10.0. The SMILES string of the molecule is Cn1nncc1-c1cnc(N)c(-c2ccc(C(=O)N[C@H](CO)c3cccc(Br)c3)c(F)c2)c1. The van der Waals surface area contributed by atoms with E-state index >= 15 is 0 Å². The first-order chi connectivity index (χ1) is 15.9. The molecule has 0 spiro atoms. The third-order valence-electron chi connectivity index (χ3n) is 5.19. The van der Waals surface area contributed by atoms with E-state index in [1.165, 1.54) is 12.1 Å². The Bertz CT molecular complexity index is 1330. The van der Waals surface area contributed by atoms with Crippen LogP contribution in [0, 0.1) is 5.82 Å². The number of aryl methyl sites for hydroxylation is 1. The van der Waals surface area contributed by atoms with Crippen LogP contribution in [-0.4, -0.2) is 37.6 Å². The van der Waals surface area contributed by atoms with E-state index in [2.05, 4.69) is 36.5 Å². The van der Waals surface area contributed by atoms with Crippen molar-refractivity contribution in [1.82, 2.24) is 25.3 Å². The summed E-state index contributed by atoms with van der Waals surface area (Å²) < 4.78 is 17.4. The van der Waals surface area contributed by atoms with Crippen molar-refractivity contribution in [3.63, 3.8) is 0 Å². The van der Waals surface area contributed by atoms with E-state index in [9.17, 15) is 14.3 Å². The third kappa shape index (κ3) is 4.76. The molecule has 4 rings (SSSR count). The van der Waals surface area contributed by atoms with Gasteiger partial charge in [-0.15, -0.1) is 5.10 Å². The number of aliphatic hydroxyl groups excluding tert-OH is 1. The number of rotatable bonds is 6. The Balaban J connectivity index is 1.61. The molecule has 0 fully saturated rings. The maximum absolute atomic E-state index is 15.0. The molecule has 1 amide bonds. The Morgan fingerprint density at radius 1 is 1.21 bits per heavy atom. The molecule has 0 bridgehead atoms. The number of anilines is 1. The van der Waals surface area contributed by atoms with E-state index < -0.39 is 17.8 Å². The smallest absolute Gasteiger partial charge is 0.254 e. The van der Waals surface area contributed by atoms with Crippen LogP contribution >= 0.6 is 15.9 Å². The van der Waals surface area contributed by atoms with Crippen LogP contribution in [0.25, 0.3) is 22.4 Å². The molecule has 10 heteroatoms. The summed E-state index contributed by atoms with van der Waals surface area (Å²) in [6.07, 6.45) is 3.18. The van der Waals surface area contributed by atoms with Crippen LogP contribution in [0.4, 0.5) is 10.2 Å². The highest BCUT2D eigenvalue weighted by molar-refractivity contribution is 9.10. The first-order valence-corrected chi connectivity index (χ1v) is 10.7. The fourth-order valence-electron chi connectivity index (χ4n) is 3.46. The molecule has 2 aromatic carbocycles. The predicted molar refractivity (Wildman–Crippen MR) is 125 cm³/mol. The van der Waals surface area contributed by atoms with Gasteiger partial charge in [-0.3, -0.25) is 4.79 Å². The number of hydrogen-bond acceptors (Lipinski definition) is 6. The number of benzene rings is 2. The molecule has 0 unspecified atom stereocenters. The van der Waals surface area contributed by atoms with Crippen LogP contribution in [-0.2, 0) is 7.05 Å². The second-order valence-electron chi connectivity index (χ2n) is 7.36. The van der Waals surface area contributed by atoms with Crippen LogP contribution in [0.3, 0.4) is 0 Å². The van der Waals surface area contributed by atoms with Crippen LogP contribution in [0.15, 0.2) is 65.4 Å². The Labute approximate surface area is 197 Å². The number of amides is 1. The number of nitrogens with one attached hydrogen (secondary N) is 1. The Morgan fingerprint density at radius 2 is 2.03 bits per heavy atom. The molecular formula is C23H20BrFN6O2. The highest BCUT2D eigenvalue weighted by atomic mass is 79.9. The zero-order chi connectivity index (χ0) is 23.5. The van der Waals surface area contributed by atoms with Gasteiger partial charge in [-0.2, -0.15) is 0 Å². The van der Waals surface area contributed by atoms with Crippen molar-refractivity contribution in [3.05, 3.63) is 82.3 Å². The van der Waals surface area contributed by atoms with Crippen molar-refractivity contribution < 1.29 is 14.3 Å². The number of halogens is 2. The molecule has 33 heavy (non-hydrogen) atoms.